The molecular weight excluding hydrogens is 290 g/mol. The molecule has 23 heavy (non-hydrogen) atoms. The summed E-state index contributed by atoms with van der Waals surface area (Å²) >= 11 is 0. The fourth-order valence-corrected chi connectivity index (χ4v) is 4.19. The van der Waals surface area contributed by atoms with Crippen molar-refractivity contribution in [3.05, 3.63) is 23.8 Å². The Morgan fingerprint density at radius 2 is 1.91 bits per heavy atom. The van der Waals surface area contributed by atoms with Gasteiger partial charge in [-0.05, 0) is 42.9 Å². The van der Waals surface area contributed by atoms with E-state index >= 15 is 0 Å². The van der Waals surface area contributed by atoms with Gasteiger partial charge in [-0.2, -0.15) is 0 Å². The van der Waals surface area contributed by atoms with Crippen molar-refractivity contribution < 1.29 is 14.3 Å². The quantitative estimate of drug-likeness (QED) is 0.853. The third-order valence-corrected chi connectivity index (χ3v) is 5.60. The van der Waals surface area contributed by atoms with Crippen LogP contribution in [0.15, 0.2) is 18.2 Å². The lowest BCUT2D eigenvalue weighted by Gasteiger charge is -2.24. The molecule has 1 aromatic rings. The van der Waals surface area contributed by atoms with Crippen LogP contribution in [0.3, 0.4) is 0 Å². The van der Waals surface area contributed by atoms with Crippen LogP contribution in [-0.4, -0.2) is 30.7 Å². The number of nitrogens with zero attached hydrogens (tertiary/aromatic N) is 1. The molecule has 1 amide bonds. The van der Waals surface area contributed by atoms with Crippen LogP contribution in [0.25, 0.3) is 0 Å². The topological polar surface area (TPSA) is 38.8 Å². The van der Waals surface area contributed by atoms with E-state index in [1.807, 2.05) is 6.07 Å². The first-order valence-electron chi connectivity index (χ1n) is 8.97. The minimum Gasteiger partial charge on any atom is -0.454 e. The molecule has 0 radical (unpaired) electrons. The highest BCUT2D eigenvalue weighted by molar-refractivity contribution is 5.77. The van der Waals surface area contributed by atoms with Crippen molar-refractivity contribution in [1.29, 1.82) is 0 Å². The zero-order valence-corrected chi connectivity index (χ0v) is 13.6. The minimum absolute atomic E-state index is 0.315. The van der Waals surface area contributed by atoms with Gasteiger partial charge in [-0.3, -0.25) is 4.79 Å². The number of likely N-dealkylation sites (tertiary alicyclic amines) is 1. The molecule has 0 N–H and O–H groups in total. The number of benzene rings is 1. The van der Waals surface area contributed by atoms with Crippen molar-refractivity contribution in [2.24, 2.45) is 5.92 Å². The smallest absolute Gasteiger partial charge is 0.231 e. The molecule has 1 aliphatic carbocycles. The second kappa shape index (κ2) is 6.42. The SMILES string of the molecule is O=C(CC1CCCCC1)N1CCC(c2ccc3c(c2)OCO3)C1. The highest BCUT2D eigenvalue weighted by atomic mass is 16.7. The van der Waals surface area contributed by atoms with Crippen molar-refractivity contribution in [3.63, 3.8) is 0 Å². The second-order valence-electron chi connectivity index (χ2n) is 7.15. The maximum atomic E-state index is 12.6. The van der Waals surface area contributed by atoms with Gasteiger partial charge in [-0.25, -0.2) is 0 Å². The van der Waals surface area contributed by atoms with Crippen LogP contribution < -0.4 is 9.47 Å². The highest BCUT2D eigenvalue weighted by Crippen LogP contribution is 2.37. The maximum absolute atomic E-state index is 12.6. The Hall–Kier alpha value is -1.71. The van der Waals surface area contributed by atoms with Gasteiger partial charge in [0.15, 0.2) is 11.5 Å². The first-order chi connectivity index (χ1) is 11.3. The second-order valence-corrected chi connectivity index (χ2v) is 7.15. The Morgan fingerprint density at radius 1 is 1.09 bits per heavy atom. The molecule has 2 heterocycles. The molecule has 4 nitrogen and oxygen atoms in total. The summed E-state index contributed by atoms with van der Waals surface area (Å²) < 4.78 is 10.8. The van der Waals surface area contributed by atoms with Crippen molar-refractivity contribution >= 4 is 5.91 Å². The molecule has 124 valence electrons. The third kappa shape index (κ3) is 3.17. The van der Waals surface area contributed by atoms with E-state index in [4.69, 9.17) is 9.47 Å². The molecule has 4 heteroatoms. The summed E-state index contributed by atoms with van der Waals surface area (Å²) in [7, 11) is 0. The van der Waals surface area contributed by atoms with E-state index in [-0.39, 0.29) is 0 Å². The first-order valence-corrected chi connectivity index (χ1v) is 8.97. The van der Waals surface area contributed by atoms with Gasteiger partial charge in [0, 0.05) is 25.4 Å². The number of hydrogen-bond acceptors (Lipinski definition) is 3. The average Bonchev–Trinajstić information content (AvgIpc) is 3.24. The number of rotatable bonds is 3. The molecule has 1 saturated heterocycles. The number of ether oxygens (including phenoxy) is 2. The Morgan fingerprint density at radius 3 is 2.78 bits per heavy atom. The average molecular weight is 315 g/mol. The van der Waals surface area contributed by atoms with Gasteiger partial charge in [0.1, 0.15) is 0 Å². The van der Waals surface area contributed by atoms with Crippen molar-refractivity contribution in [2.75, 3.05) is 19.9 Å². The lowest BCUT2D eigenvalue weighted by Crippen LogP contribution is -2.30. The van der Waals surface area contributed by atoms with Gasteiger partial charge in [0.05, 0.1) is 0 Å². The standard InChI is InChI=1S/C19H25NO3/c21-19(10-14-4-2-1-3-5-14)20-9-8-16(12-20)15-6-7-17-18(11-15)23-13-22-17/h6-7,11,14,16H,1-5,8-10,12-13H2. The molecule has 1 atom stereocenters. The molecule has 3 aliphatic rings. The molecule has 0 aromatic heterocycles. The van der Waals surface area contributed by atoms with Crippen molar-refractivity contribution in [3.8, 4) is 11.5 Å². The number of hydrogen-bond donors (Lipinski definition) is 0. The van der Waals surface area contributed by atoms with E-state index in [9.17, 15) is 4.79 Å². The van der Waals surface area contributed by atoms with Gasteiger partial charge in [0.2, 0.25) is 12.7 Å². The summed E-state index contributed by atoms with van der Waals surface area (Å²) in [6.45, 7) is 2.06. The van der Waals surface area contributed by atoms with E-state index < -0.39 is 0 Å². The molecule has 1 saturated carbocycles. The predicted molar refractivity (Wildman–Crippen MR) is 87.7 cm³/mol. The first kappa shape index (κ1) is 14.9. The zero-order valence-electron chi connectivity index (χ0n) is 13.6. The van der Waals surface area contributed by atoms with E-state index in [1.165, 1.54) is 37.7 Å². The molecule has 1 unspecified atom stereocenters. The van der Waals surface area contributed by atoms with Crippen molar-refractivity contribution in [2.45, 2.75) is 50.9 Å². The van der Waals surface area contributed by atoms with Crippen LogP contribution in [0, 0.1) is 5.92 Å². The molecule has 0 spiro atoms. The monoisotopic (exact) mass is 315 g/mol. The minimum atomic E-state index is 0.315. The summed E-state index contributed by atoms with van der Waals surface area (Å²) in [4.78, 5) is 14.6. The number of carbonyl (C=O) groups is 1. The van der Waals surface area contributed by atoms with E-state index in [0.717, 1.165) is 37.4 Å². The van der Waals surface area contributed by atoms with Crippen LogP contribution in [0.2, 0.25) is 0 Å². The zero-order chi connectivity index (χ0) is 15.6. The number of amides is 1. The van der Waals surface area contributed by atoms with Gasteiger partial charge >= 0.3 is 0 Å². The normalized spacial score (nSPS) is 24.2. The van der Waals surface area contributed by atoms with Crippen LogP contribution >= 0.6 is 0 Å². The van der Waals surface area contributed by atoms with Gasteiger partial charge in [-0.15, -0.1) is 0 Å². The molecule has 1 aromatic carbocycles. The fourth-order valence-electron chi connectivity index (χ4n) is 4.19. The summed E-state index contributed by atoms with van der Waals surface area (Å²) in [6, 6.07) is 6.19. The van der Waals surface area contributed by atoms with E-state index in [2.05, 4.69) is 17.0 Å². The Kier molecular flexibility index (Phi) is 4.15. The largest absolute Gasteiger partial charge is 0.454 e. The summed E-state index contributed by atoms with van der Waals surface area (Å²) in [5.74, 6) is 3.09. The van der Waals surface area contributed by atoms with Gasteiger partial charge < -0.3 is 14.4 Å². The lowest BCUT2D eigenvalue weighted by molar-refractivity contribution is -0.131. The molecular formula is C19H25NO3. The predicted octanol–water partition coefficient (Wildman–Crippen LogP) is 3.70. The number of carbonyl (C=O) groups excluding carboxylic acids is 1. The van der Waals surface area contributed by atoms with Crippen molar-refractivity contribution in [1.82, 2.24) is 4.90 Å². The van der Waals surface area contributed by atoms with E-state index in [1.54, 1.807) is 0 Å². The maximum Gasteiger partial charge on any atom is 0.231 e. The van der Waals surface area contributed by atoms with Gasteiger partial charge in [-0.1, -0.05) is 25.3 Å². The fraction of sp³-hybridized carbons (Fsp3) is 0.632. The summed E-state index contributed by atoms with van der Waals surface area (Å²) in [5, 5.41) is 0. The summed E-state index contributed by atoms with van der Waals surface area (Å²) in [6.07, 6.45) is 8.25. The highest BCUT2D eigenvalue weighted by Gasteiger charge is 2.29. The molecule has 0 bridgehead atoms. The third-order valence-electron chi connectivity index (χ3n) is 5.60. The molecule has 2 fully saturated rings. The van der Waals surface area contributed by atoms with Crippen LogP contribution in [0.4, 0.5) is 0 Å². The molecule has 4 rings (SSSR count). The van der Waals surface area contributed by atoms with Gasteiger partial charge in [0.25, 0.3) is 0 Å². The Labute approximate surface area is 137 Å². The molecule has 2 aliphatic heterocycles. The van der Waals surface area contributed by atoms with Crippen LogP contribution in [0.5, 0.6) is 11.5 Å². The van der Waals surface area contributed by atoms with Crippen LogP contribution in [0.1, 0.15) is 56.4 Å². The Balaban J connectivity index is 1.36. The summed E-state index contributed by atoms with van der Waals surface area (Å²) in [5.41, 5.74) is 1.27. The van der Waals surface area contributed by atoms with E-state index in [0.29, 0.717) is 24.5 Å². The van der Waals surface area contributed by atoms with Crippen LogP contribution in [-0.2, 0) is 4.79 Å². The Bertz CT molecular complexity index is 580. The number of fused-ring (bicyclic) bond motifs is 1. The lowest BCUT2D eigenvalue weighted by atomic mass is 9.86.